The molecular formula is C20H23N3O2. The molecule has 0 saturated carbocycles. The van der Waals surface area contributed by atoms with E-state index in [1.165, 1.54) is 5.56 Å². The van der Waals surface area contributed by atoms with Crippen molar-refractivity contribution in [2.45, 2.75) is 31.7 Å². The van der Waals surface area contributed by atoms with Gasteiger partial charge in [-0.15, -0.1) is 0 Å². The highest BCUT2D eigenvalue weighted by atomic mass is 16.2. The molecule has 2 heterocycles. The van der Waals surface area contributed by atoms with E-state index in [1.54, 1.807) is 24.4 Å². The van der Waals surface area contributed by atoms with Crippen LogP contribution >= 0.6 is 0 Å². The Morgan fingerprint density at radius 1 is 1.04 bits per heavy atom. The highest BCUT2D eigenvalue weighted by Gasteiger charge is 2.24. The second-order valence-corrected chi connectivity index (χ2v) is 6.33. The molecule has 1 saturated heterocycles. The number of piperidine rings is 1. The fraction of sp³-hybridized carbons (Fsp3) is 0.350. The molecule has 130 valence electrons. The summed E-state index contributed by atoms with van der Waals surface area (Å²) in [6.07, 6.45) is 4.50. The molecule has 3 rings (SSSR count). The van der Waals surface area contributed by atoms with Crippen LogP contribution in [0.15, 0.2) is 54.7 Å². The zero-order chi connectivity index (χ0) is 17.5. The van der Waals surface area contributed by atoms with Crippen LogP contribution in [0.25, 0.3) is 0 Å². The highest BCUT2D eigenvalue weighted by Crippen LogP contribution is 2.13. The number of rotatable bonds is 5. The lowest BCUT2D eigenvalue weighted by Gasteiger charge is -2.32. The summed E-state index contributed by atoms with van der Waals surface area (Å²) in [6.45, 7) is 1.39. The summed E-state index contributed by atoms with van der Waals surface area (Å²) in [5, 5.41) is 3.01. The predicted octanol–water partition coefficient (Wildman–Crippen LogP) is 2.44. The number of likely N-dealkylation sites (tertiary alicyclic amines) is 1. The van der Waals surface area contributed by atoms with Crippen LogP contribution in [0.4, 0.5) is 0 Å². The van der Waals surface area contributed by atoms with Gasteiger partial charge in [0.2, 0.25) is 5.91 Å². The molecule has 2 aromatic rings. The molecule has 2 amide bonds. The van der Waals surface area contributed by atoms with Crippen molar-refractivity contribution in [1.29, 1.82) is 0 Å². The number of hydrogen-bond acceptors (Lipinski definition) is 3. The van der Waals surface area contributed by atoms with Gasteiger partial charge in [0.05, 0.1) is 0 Å². The quantitative estimate of drug-likeness (QED) is 0.911. The van der Waals surface area contributed by atoms with Crippen molar-refractivity contribution in [2.75, 3.05) is 13.1 Å². The van der Waals surface area contributed by atoms with Crippen molar-refractivity contribution in [3.63, 3.8) is 0 Å². The molecule has 0 aliphatic carbocycles. The van der Waals surface area contributed by atoms with Crippen LogP contribution in [-0.4, -0.2) is 40.8 Å². The molecule has 5 nitrogen and oxygen atoms in total. The SMILES string of the molecule is O=C(NC1CCN(C(=O)CCc2ccccc2)CC1)c1ccccn1. The molecule has 25 heavy (non-hydrogen) atoms. The number of nitrogens with zero attached hydrogens (tertiary/aromatic N) is 2. The molecular weight excluding hydrogens is 314 g/mol. The molecule has 1 aromatic carbocycles. The van der Waals surface area contributed by atoms with E-state index < -0.39 is 0 Å². The van der Waals surface area contributed by atoms with Crippen molar-refractivity contribution in [3.05, 3.63) is 66.0 Å². The first-order valence-corrected chi connectivity index (χ1v) is 8.76. The standard InChI is InChI=1S/C20H23N3O2/c24-19(10-9-16-6-2-1-3-7-16)23-14-11-17(12-15-23)22-20(25)18-8-4-5-13-21-18/h1-8,13,17H,9-12,14-15H2,(H,22,25). The number of carbonyl (C=O) groups is 2. The molecule has 1 aromatic heterocycles. The topological polar surface area (TPSA) is 62.3 Å². The Morgan fingerprint density at radius 2 is 1.76 bits per heavy atom. The Morgan fingerprint density at radius 3 is 2.44 bits per heavy atom. The van der Waals surface area contributed by atoms with Crippen LogP contribution in [0.2, 0.25) is 0 Å². The van der Waals surface area contributed by atoms with Gasteiger partial charge in [0.25, 0.3) is 5.91 Å². The average molecular weight is 337 g/mol. The summed E-state index contributed by atoms with van der Waals surface area (Å²) in [7, 11) is 0. The largest absolute Gasteiger partial charge is 0.348 e. The first kappa shape index (κ1) is 17.1. The summed E-state index contributed by atoms with van der Waals surface area (Å²) in [4.78, 5) is 30.5. The number of benzene rings is 1. The molecule has 0 bridgehead atoms. The van der Waals surface area contributed by atoms with Crippen molar-refractivity contribution in [2.24, 2.45) is 0 Å². The molecule has 1 aliphatic rings. The Balaban J connectivity index is 1.42. The minimum absolute atomic E-state index is 0.104. The third-order valence-corrected chi connectivity index (χ3v) is 4.55. The van der Waals surface area contributed by atoms with Crippen LogP contribution in [0.3, 0.4) is 0 Å². The van der Waals surface area contributed by atoms with Crippen molar-refractivity contribution in [1.82, 2.24) is 15.2 Å². The van der Waals surface area contributed by atoms with Crippen molar-refractivity contribution < 1.29 is 9.59 Å². The average Bonchev–Trinajstić information content (AvgIpc) is 2.68. The molecule has 1 N–H and O–H groups in total. The van der Waals surface area contributed by atoms with Gasteiger partial charge in [-0.05, 0) is 37.0 Å². The van der Waals surface area contributed by atoms with Gasteiger partial charge in [0.1, 0.15) is 5.69 Å². The second kappa shape index (κ2) is 8.42. The Hall–Kier alpha value is -2.69. The van der Waals surface area contributed by atoms with E-state index in [4.69, 9.17) is 0 Å². The van der Waals surface area contributed by atoms with E-state index in [-0.39, 0.29) is 17.9 Å². The van der Waals surface area contributed by atoms with Gasteiger partial charge in [0, 0.05) is 31.7 Å². The highest BCUT2D eigenvalue weighted by molar-refractivity contribution is 5.92. The maximum Gasteiger partial charge on any atom is 0.270 e. The van der Waals surface area contributed by atoms with Gasteiger partial charge in [-0.1, -0.05) is 36.4 Å². The van der Waals surface area contributed by atoms with E-state index in [2.05, 4.69) is 10.3 Å². The van der Waals surface area contributed by atoms with E-state index >= 15 is 0 Å². The van der Waals surface area contributed by atoms with Gasteiger partial charge in [-0.3, -0.25) is 14.6 Å². The zero-order valence-electron chi connectivity index (χ0n) is 14.2. The van der Waals surface area contributed by atoms with Crippen LogP contribution in [0.5, 0.6) is 0 Å². The predicted molar refractivity (Wildman–Crippen MR) is 96.1 cm³/mol. The van der Waals surface area contributed by atoms with Crippen LogP contribution in [-0.2, 0) is 11.2 Å². The number of nitrogens with one attached hydrogen (secondary N) is 1. The lowest BCUT2D eigenvalue weighted by Crippen LogP contribution is -2.46. The van der Waals surface area contributed by atoms with Crippen LogP contribution in [0, 0.1) is 0 Å². The lowest BCUT2D eigenvalue weighted by molar-refractivity contribution is -0.132. The number of aromatic nitrogens is 1. The third-order valence-electron chi connectivity index (χ3n) is 4.55. The minimum atomic E-state index is -0.144. The van der Waals surface area contributed by atoms with E-state index in [9.17, 15) is 9.59 Å². The summed E-state index contributed by atoms with van der Waals surface area (Å²) >= 11 is 0. The molecule has 0 atom stereocenters. The fourth-order valence-electron chi connectivity index (χ4n) is 3.08. The molecule has 0 unspecified atom stereocenters. The Kier molecular flexibility index (Phi) is 5.77. The Labute approximate surface area is 148 Å². The maximum absolute atomic E-state index is 12.4. The first-order chi connectivity index (χ1) is 12.2. The normalized spacial score (nSPS) is 15.0. The number of aryl methyl sites for hydroxylation is 1. The molecule has 0 spiro atoms. The monoisotopic (exact) mass is 337 g/mol. The minimum Gasteiger partial charge on any atom is -0.348 e. The van der Waals surface area contributed by atoms with Gasteiger partial charge >= 0.3 is 0 Å². The lowest BCUT2D eigenvalue weighted by atomic mass is 10.0. The Bertz CT molecular complexity index is 695. The van der Waals surface area contributed by atoms with E-state index in [0.29, 0.717) is 25.2 Å². The summed E-state index contributed by atoms with van der Waals surface area (Å²) in [5.41, 5.74) is 1.62. The second-order valence-electron chi connectivity index (χ2n) is 6.33. The van der Waals surface area contributed by atoms with Crippen molar-refractivity contribution >= 4 is 11.8 Å². The number of hydrogen-bond donors (Lipinski definition) is 1. The van der Waals surface area contributed by atoms with Gasteiger partial charge in [-0.25, -0.2) is 0 Å². The molecule has 0 radical (unpaired) electrons. The van der Waals surface area contributed by atoms with Crippen molar-refractivity contribution in [3.8, 4) is 0 Å². The summed E-state index contributed by atoms with van der Waals surface area (Å²) < 4.78 is 0. The zero-order valence-corrected chi connectivity index (χ0v) is 14.2. The number of amides is 2. The summed E-state index contributed by atoms with van der Waals surface area (Å²) in [6, 6.07) is 15.5. The van der Waals surface area contributed by atoms with Crippen LogP contribution in [0.1, 0.15) is 35.3 Å². The third kappa shape index (κ3) is 4.89. The van der Waals surface area contributed by atoms with Gasteiger partial charge in [0.15, 0.2) is 0 Å². The van der Waals surface area contributed by atoms with E-state index in [0.717, 1.165) is 19.3 Å². The smallest absolute Gasteiger partial charge is 0.270 e. The first-order valence-electron chi connectivity index (χ1n) is 8.76. The molecule has 5 heteroatoms. The van der Waals surface area contributed by atoms with E-state index in [1.807, 2.05) is 35.2 Å². The maximum atomic E-state index is 12.4. The fourth-order valence-corrected chi connectivity index (χ4v) is 3.08. The van der Waals surface area contributed by atoms with Gasteiger partial charge < -0.3 is 10.2 Å². The number of pyridine rings is 1. The summed E-state index contributed by atoms with van der Waals surface area (Å²) in [5.74, 6) is 0.0489. The molecule has 1 aliphatic heterocycles. The number of carbonyl (C=O) groups excluding carboxylic acids is 2. The van der Waals surface area contributed by atoms with Gasteiger partial charge in [-0.2, -0.15) is 0 Å². The molecule has 1 fully saturated rings. The van der Waals surface area contributed by atoms with Crippen LogP contribution < -0.4 is 5.32 Å².